The number of benzene rings is 3. The van der Waals surface area contributed by atoms with Gasteiger partial charge in [0.25, 0.3) is 0 Å². The second-order valence-corrected chi connectivity index (χ2v) is 5.35. The van der Waals surface area contributed by atoms with Crippen LogP contribution in [0.2, 0.25) is 0 Å². The monoisotopic (exact) mass is 322 g/mol. The van der Waals surface area contributed by atoms with Crippen molar-refractivity contribution in [1.29, 1.82) is 0 Å². The molecule has 0 saturated carbocycles. The number of hydrogen-bond donors (Lipinski definition) is 0. The van der Waals surface area contributed by atoms with Crippen LogP contribution in [-0.2, 0) is 5.33 Å². The Bertz CT molecular complexity index is 630. The summed E-state index contributed by atoms with van der Waals surface area (Å²) in [5.41, 5.74) is 6.34. The Kier molecular flexibility index (Phi) is 3.98. The molecule has 3 aromatic rings. The first kappa shape index (κ1) is 13.1. The van der Waals surface area contributed by atoms with Gasteiger partial charge >= 0.3 is 0 Å². The van der Waals surface area contributed by atoms with E-state index in [4.69, 9.17) is 0 Å². The van der Waals surface area contributed by atoms with Crippen molar-refractivity contribution in [2.24, 2.45) is 0 Å². The molecule has 0 bridgehead atoms. The number of hydrogen-bond acceptors (Lipinski definition) is 0. The maximum absolute atomic E-state index is 3.57. The van der Waals surface area contributed by atoms with Crippen molar-refractivity contribution in [2.45, 2.75) is 5.33 Å². The fraction of sp³-hybridized carbons (Fsp3) is 0.0526. The molecule has 20 heavy (non-hydrogen) atoms. The molecule has 0 heterocycles. The predicted octanol–water partition coefficient (Wildman–Crippen LogP) is 5.92. The highest BCUT2D eigenvalue weighted by molar-refractivity contribution is 9.08. The number of alkyl halides is 1. The van der Waals surface area contributed by atoms with Crippen LogP contribution in [0, 0.1) is 0 Å². The average molecular weight is 323 g/mol. The Morgan fingerprint density at radius 3 is 1.40 bits per heavy atom. The molecule has 0 spiro atoms. The second kappa shape index (κ2) is 6.06. The van der Waals surface area contributed by atoms with Gasteiger partial charge in [-0.1, -0.05) is 88.7 Å². The molecule has 0 nitrogen and oxygen atoms in total. The lowest BCUT2D eigenvalue weighted by Gasteiger charge is -2.09. The molecule has 0 N–H and O–H groups in total. The molecule has 0 saturated heterocycles. The van der Waals surface area contributed by atoms with Crippen molar-refractivity contribution in [3.05, 3.63) is 84.4 Å². The number of rotatable bonds is 3. The highest BCUT2D eigenvalue weighted by Crippen LogP contribution is 2.29. The molecule has 0 atom stereocenters. The van der Waals surface area contributed by atoms with Crippen molar-refractivity contribution in [3.63, 3.8) is 0 Å². The van der Waals surface area contributed by atoms with E-state index in [1.807, 2.05) is 0 Å². The van der Waals surface area contributed by atoms with Crippen molar-refractivity contribution in [1.82, 2.24) is 0 Å². The third-order valence-electron chi connectivity index (χ3n) is 3.36. The maximum Gasteiger partial charge on any atom is 0.0283 e. The van der Waals surface area contributed by atoms with Gasteiger partial charge in [0.2, 0.25) is 0 Å². The minimum atomic E-state index is 0.869. The van der Waals surface area contributed by atoms with Crippen LogP contribution in [0.3, 0.4) is 0 Å². The van der Waals surface area contributed by atoms with Gasteiger partial charge in [-0.25, -0.2) is 0 Å². The lowest BCUT2D eigenvalue weighted by molar-refractivity contribution is 1.43. The first-order valence-corrected chi connectivity index (χ1v) is 7.80. The zero-order valence-corrected chi connectivity index (χ0v) is 12.7. The average Bonchev–Trinajstić information content (AvgIpc) is 2.56. The van der Waals surface area contributed by atoms with Gasteiger partial charge in [-0.15, -0.1) is 0 Å². The molecule has 0 amide bonds. The molecule has 0 radical (unpaired) electrons. The van der Waals surface area contributed by atoms with E-state index < -0.39 is 0 Å². The van der Waals surface area contributed by atoms with Gasteiger partial charge in [-0.2, -0.15) is 0 Å². The zero-order valence-electron chi connectivity index (χ0n) is 11.1. The summed E-state index contributed by atoms with van der Waals surface area (Å²) in [6.45, 7) is 0. The number of halogens is 1. The van der Waals surface area contributed by atoms with E-state index >= 15 is 0 Å². The van der Waals surface area contributed by atoms with Crippen LogP contribution in [0.4, 0.5) is 0 Å². The minimum absolute atomic E-state index is 0.869. The lowest BCUT2D eigenvalue weighted by Crippen LogP contribution is -1.86. The minimum Gasteiger partial charge on any atom is -0.0876 e. The van der Waals surface area contributed by atoms with Crippen molar-refractivity contribution >= 4 is 15.9 Å². The summed E-state index contributed by atoms with van der Waals surface area (Å²) in [4.78, 5) is 0. The molecular formula is C19H15Br. The molecule has 0 fully saturated rings. The molecule has 3 rings (SSSR count). The summed E-state index contributed by atoms with van der Waals surface area (Å²) in [7, 11) is 0. The van der Waals surface area contributed by atoms with E-state index in [1.165, 1.54) is 27.8 Å². The van der Waals surface area contributed by atoms with Gasteiger partial charge in [-0.05, 0) is 33.9 Å². The van der Waals surface area contributed by atoms with Crippen molar-refractivity contribution in [3.8, 4) is 22.3 Å². The summed E-state index contributed by atoms with van der Waals surface area (Å²) in [5, 5.41) is 0.869. The van der Waals surface area contributed by atoms with E-state index in [0.29, 0.717) is 0 Å². The van der Waals surface area contributed by atoms with Gasteiger partial charge in [0.15, 0.2) is 0 Å². The highest BCUT2D eigenvalue weighted by Gasteiger charge is 2.04. The van der Waals surface area contributed by atoms with Crippen LogP contribution in [0.1, 0.15) is 5.56 Å². The first-order valence-electron chi connectivity index (χ1n) is 6.67. The lowest BCUT2D eigenvalue weighted by atomic mass is 9.97. The first-order chi connectivity index (χ1) is 9.86. The quantitative estimate of drug-likeness (QED) is 0.525. The zero-order chi connectivity index (χ0) is 13.8. The Morgan fingerprint density at radius 1 is 0.550 bits per heavy atom. The SMILES string of the molecule is BrCc1cc(-c2ccccc2)cc(-c2ccccc2)c1. The standard InChI is InChI=1S/C19H15Br/c20-14-15-11-18(16-7-3-1-4-8-16)13-19(12-15)17-9-5-2-6-10-17/h1-13H,14H2. The Balaban J connectivity index is 2.13. The van der Waals surface area contributed by atoms with Crippen LogP contribution in [0.25, 0.3) is 22.3 Å². The normalized spacial score (nSPS) is 10.4. The molecule has 0 aliphatic carbocycles. The largest absolute Gasteiger partial charge is 0.0876 e. The van der Waals surface area contributed by atoms with E-state index in [-0.39, 0.29) is 0 Å². The van der Waals surface area contributed by atoms with Gasteiger partial charge < -0.3 is 0 Å². The van der Waals surface area contributed by atoms with Crippen molar-refractivity contribution in [2.75, 3.05) is 0 Å². The van der Waals surface area contributed by atoms with Crippen LogP contribution in [0.5, 0.6) is 0 Å². The van der Waals surface area contributed by atoms with E-state index in [0.717, 1.165) is 5.33 Å². The molecular weight excluding hydrogens is 308 g/mol. The van der Waals surface area contributed by atoms with Gasteiger partial charge in [-0.3, -0.25) is 0 Å². The second-order valence-electron chi connectivity index (χ2n) is 4.78. The fourth-order valence-corrected chi connectivity index (χ4v) is 2.69. The molecule has 0 aliphatic rings. The Morgan fingerprint density at radius 2 is 1.00 bits per heavy atom. The molecule has 0 unspecified atom stereocenters. The molecule has 3 aromatic carbocycles. The highest BCUT2D eigenvalue weighted by atomic mass is 79.9. The van der Waals surface area contributed by atoms with Gasteiger partial charge in [0.1, 0.15) is 0 Å². The Labute approximate surface area is 128 Å². The smallest absolute Gasteiger partial charge is 0.0283 e. The summed E-state index contributed by atoms with van der Waals surface area (Å²) in [5.74, 6) is 0. The molecule has 0 aromatic heterocycles. The van der Waals surface area contributed by atoms with E-state index in [2.05, 4.69) is 94.8 Å². The van der Waals surface area contributed by atoms with Crippen LogP contribution in [0.15, 0.2) is 78.9 Å². The summed E-state index contributed by atoms with van der Waals surface area (Å²) in [6, 6.07) is 27.8. The van der Waals surface area contributed by atoms with Crippen LogP contribution >= 0.6 is 15.9 Å². The van der Waals surface area contributed by atoms with Crippen LogP contribution < -0.4 is 0 Å². The molecule has 0 aliphatic heterocycles. The fourth-order valence-electron chi connectivity index (χ4n) is 2.36. The topological polar surface area (TPSA) is 0 Å². The summed E-state index contributed by atoms with van der Waals surface area (Å²) >= 11 is 3.57. The predicted molar refractivity (Wildman–Crippen MR) is 89.9 cm³/mol. The van der Waals surface area contributed by atoms with E-state index in [9.17, 15) is 0 Å². The third-order valence-corrected chi connectivity index (χ3v) is 4.01. The Hall–Kier alpha value is -1.86. The van der Waals surface area contributed by atoms with E-state index in [1.54, 1.807) is 0 Å². The van der Waals surface area contributed by atoms with Gasteiger partial charge in [0.05, 0.1) is 0 Å². The summed E-state index contributed by atoms with van der Waals surface area (Å²) in [6.07, 6.45) is 0. The molecule has 98 valence electrons. The van der Waals surface area contributed by atoms with Gasteiger partial charge in [0, 0.05) is 5.33 Å². The third kappa shape index (κ3) is 2.83. The molecule has 1 heteroatoms. The summed E-state index contributed by atoms with van der Waals surface area (Å²) < 4.78 is 0. The van der Waals surface area contributed by atoms with Crippen LogP contribution in [-0.4, -0.2) is 0 Å². The van der Waals surface area contributed by atoms with Crippen molar-refractivity contribution < 1.29 is 0 Å². The maximum atomic E-state index is 3.57.